The molecule has 0 radical (unpaired) electrons. The molecule has 1 fully saturated rings. The molecule has 0 bridgehead atoms. The van der Waals surface area contributed by atoms with Crippen molar-refractivity contribution < 1.29 is 4.79 Å². The number of hydrogen-bond donors (Lipinski definition) is 2. The van der Waals surface area contributed by atoms with Crippen LogP contribution >= 0.6 is 15.9 Å². The average Bonchev–Trinajstić information content (AvgIpc) is 2.90. The number of aromatic nitrogens is 4. The Balaban J connectivity index is 1.73. The summed E-state index contributed by atoms with van der Waals surface area (Å²) in [6.07, 6.45) is 3.63. The van der Waals surface area contributed by atoms with Gasteiger partial charge in [-0.3, -0.25) is 10.1 Å². The fourth-order valence-corrected chi connectivity index (χ4v) is 2.68. The van der Waals surface area contributed by atoms with Crippen LogP contribution in [-0.4, -0.2) is 38.7 Å². The van der Waals surface area contributed by atoms with Crippen molar-refractivity contribution in [3.05, 3.63) is 34.3 Å². The van der Waals surface area contributed by atoms with Gasteiger partial charge < -0.3 is 5.32 Å². The van der Waals surface area contributed by atoms with E-state index >= 15 is 0 Å². The molecule has 2 aromatic rings. The van der Waals surface area contributed by atoms with Gasteiger partial charge in [0.1, 0.15) is 5.69 Å². The van der Waals surface area contributed by atoms with Crippen LogP contribution < -0.4 is 10.6 Å². The number of anilines is 1. The Morgan fingerprint density at radius 3 is 2.86 bits per heavy atom. The highest BCUT2D eigenvalue weighted by Gasteiger charge is 2.21. The minimum atomic E-state index is -0.292. The number of hydrogen-bond acceptors (Lipinski definition) is 5. The summed E-state index contributed by atoms with van der Waals surface area (Å²) in [5, 5.41) is 10.5. The highest BCUT2D eigenvalue weighted by atomic mass is 79.9. The monoisotopic (exact) mass is 364 g/mol. The largest absolute Gasteiger partial charge is 0.317 e. The lowest BCUT2D eigenvalue weighted by atomic mass is 9.98. The molecule has 116 valence electrons. The first-order valence-corrected chi connectivity index (χ1v) is 7.97. The van der Waals surface area contributed by atoms with Gasteiger partial charge in [-0.2, -0.15) is 10.1 Å². The summed E-state index contributed by atoms with van der Waals surface area (Å²) in [5.74, 6) is 1.30. The zero-order valence-electron chi connectivity index (χ0n) is 12.2. The summed E-state index contributed by atoms with van der Waals surface area (Å²) in [7, 11) is 1.78. The van der Waals surface area contributed by atoms with Crippen LogP contribution in [0.25, 0.3) is 0 Å². The molecule has 0 aliphatic carbocycles. The van der Waals surface area contributed by atoms with Gasteiger partial charge in [-0.05, 0) is 54.0 Å². The number of nitrogens with zero attached hydrogens (tertiary/aromatic N) is 4. The Morgan fingerprint density at radius 2 is 2.18 bits per heavy atom. The lowest BCUT2D eigenvalue weighted by Gasteiger charge is -2.19. The number of aryl methyl sites for hydroxylation is 1. The van der Waals surface area contributed by atoms with Crippen molar-refractivity contribution in [2.45, 2.75) is 18.8 Å². The average molecular weight is 365 g/mol. The minimum absolute atomic E-state index is 0.292. The van der Waals surface area contributed by atoms with E-state index in [2.05, 4.69) is 41.6 Å². The normalized spacial score (nSPS) is 15.7. The van der Waals surface area contributed by atoms with Gasteiger partial charge in [0.05, 0.1) is 0 Å². The smallest absolute Gasteiger partial charge is 0.276 e. The van der Waals surface area contributed by atoms with E-state index in [0.717, 1.165) is 36.2 Å². The maximum atomic E-state index is 12.2. The van der Waals surface area contributed by atoms with Gasteiger partial charge in [0, 0.05) is 23.6 Å². The van der Waals surface area contributed by atoms with Gasteiger partial charge in [-0.1, -0.05) is 0 Å². The molecule has 8 heteroatoms. The van der Waals surface area contributed by atoms with Crippen LogP contribution in [0.1, 0.15) is 35.1 Å². The quantitative estimate of drug-likeness (QED) is 0.865. The molecule has 3 rings (SSSR count). The van der Waals surface area contributed by atoms with E-state index in [-0.39, 0.29) is 5.91 Å². The highest BCUT2D eigenvalue weighted by molar-refractivity contribution is 9.10. The second-order valence-electron chi connectivity index (χ2n) is 5.26. The van der Waals surface area contributed by atoms with Crippen LogP contribution in [-0.2, 0) is 7.05 Å². The molecule has 2 aromatic heterocycles. The fraction of sp³-hybridized carbons (Fsp3) is 0.429. The van der Waals surface area contributed by atoms with E-state index in [0.29, 0.717) is 17.6 Å². The second-order valence-corrected chi connectivity index (χ2v) is 6.17. The van der Waals surface area contributed by atoms with Crippen LogP contribution in [0.3, 0.4) is 0 Å². The van der Waals surface area contributed by atoms with E-state index in [1.54, 1.807) is 30.1 Å². The first-order chi connectivity index (χ1) is 10.6. The summed E-state index contributed by atoms with van der Waals surface area (Å²) < 4.78 is 2.43. The van der Waals surface area contributed by atoms with Crippen molar-refractivity contribution >= 4 is 27.8 Å². The highest BCUT2D eigenvalue weighted by Crippen LogP contribution is 2.23. The molecule has 3 heterocycles. The lowest BCUT2D eigenvalue weighted by Crippen LogP contribution is -2.27. The second kappa shape index (κ2) is 6.53. The van der Waals surface area contributed by atoms with Crippen LogP contribution in [0, 0.1) is 0 Å². The van der Waals surface area contributed by atoms with E-state index < -0.39 is 0 Å². The van der Waals surface area contributed by atoms with Crippen LogP contribution in [0.2, 0.25) is 0 Å². The number of carbonyl (C=O) groups excluding carboxylic acids is 1. The topological polar surface area (TPSA) is 84.7 Å². The first-order valence-electron chi connectivity index (χ1n) is 7.18. The Morgan fingerprint density at radius 1 is 1.41 bits per heavy atom. The third kappa shape index (κ3) is 3.33. The molecular weight excluding hydrogens is 348 g/mol. The molecule has 1 aliphatic rings. The van der Waals surface area contributed by atoms with E-state index in [4.69, 9.17) is 0 Å². The number of piperidine rings is 1. The molecule has 0 saturated carbocycles. The number of amides is 1. The van der Waals surface area contributed by atoms with Gasteiger partial charge in [0.2, 0.25) is 5.95 Å². The Hall–Kier alpha value is -1.80. The standard InChI is InChI=1S/C14H17BrN6O/c1-21-14(18-12(20-21)9-4-6-16-7-5-9)19-13(22)11-3-2-10(15)8-17-11/h2-3,8-9,16H,4-7H2,1H3,(H,18,19,20,22). The molecule has 22 heavy (non-hydrogen) atoms. The predicted molar refractivity (Wildman–Crippen MR) is 85.7 cm³/mol. The SMILES string of the molecule is Cn1nc(C2CCNCC2)nc1NC(=O)c1ccc(Br)cn1. The molecular formula is C14H17BrN6O. The van der Waals surface area contributed by atoms with Gasteiger partial charge in [0.25, 0.3) is 5.91 Å². The van der Waals surface area contributed by atoms with Gasteiger partial charge in [-0.25, -0.2) is 9.67 Å². The number of halogens is 1. The third-order valence-electron chi connectivity index (χ3n) is 3.67. The number of rotatable bonds is 3. The van der Waals surface area contributed by atoms with Gasteiger partial charge >= 0.3 is 0 Å². The number of carbonyl (C=O) groups is 1. The van der Waals surface area contributed by atoms with Crippen LogP contribution in [0.5, 0.6) is 0 Å². The van der Waals surface area contributed by atoms with Crippen molar-refractivity contribution in [1.29, 1.82) is 0 Å². The number of pyridine rings is 1. The summed E-state index contributed by atoms with van der Waals surface area (Å²) in [4.78, 5) is 20.7. The van der Waals surface area contributed by atoms with E-state index in [1.165, 1.54) is 0 Å². The summed E-state index contributed by atoms with van der Waals surface area (Å²) >= 11 is 3.29. The summed E-state index contributed by atoms with van der Waals surface area (Å²) in [6.45, 7) is 1.96. The van der Waals surface area contributed by atoms with Gasteiger partial charge in [-0.15, -0.1) is 0 Å². The molecule has 0 aromatic carbocycles. The first kappa shape index (κ1) is 15.1. The molecule has 1 amide bonds. The molecule has 0 atom stereocenters. The fourth-order valence-electron chi connectivity index (χ4n) is 2.44. The molecule has 0 unspecified atom stereocenters. The molecule has 2 N–H and O–H groups in total. The Labute approximate surface area is 136 Å². The number of nitrogens with one attached hydrogen (secondary N) is 2. The van der Waals surface area contributed by atoms with Crippen LogP contribution in [0.15, 0.2) is 22.8 Å². The zero-order valence-corrected chi connectivity index (χ0v) is 13.8. The zero-order chi connectivity index (χ0) is 15.5. The molecule has 1 aliphatic heterocycles. The van der Waals surface area contributed by atoms with Crippen molar-refractivity contribution in [3.8, 4) is 0 Å². The molecule has 1 saturated heterocycles. The van der Waals surface area contributed by atoms with E-state index in [9.17, 15) is 4.79 Å². The van der Waals surface area contributed by atoms with Crippen molar-refractivity contribution in [3.63, 3.8) is 0 Å². The predicted octanol–water partition coefficient (Wildman–Crippen LogP) is 1.69. The van der Waals surface area contributed by atoms with E-state index in [1.807, 2.05) is 0 Å². The van der Waals surface area contributed by atoms with Gasteiger partial charge in [0.15, 0.2) is 5.82 Å². The lowest BCUT2D eigenvalue weighted by molar-refractivity contribution is 0.102. The summed E-state index contributed by atoms with van der Waals surface area (Å²) in [5.41, 5.74) is 0.342. The third-order valence-corrected chi connectivity index (χ3v) is 4.14. The van der Waals surface area contributed by atoms with Crippen molar-refractivity contribution in [2.75, 3.05) is 18.4 Å². The Bertz CT molecular complexity index is 662. The minimum Gasteiger partial charge on any atom is -0.317 e. The maximum absolute atomic E-state index is 12.2. The Kier molecular flexibility index (Phi) is 4.49. The maximum Gasteiger partial charge on any atom is 0.276 e. The molecule has 0 spiro atoms. The van der Waals surface area contributed by atoms with Crippen molar-refractivity contribution in [1.82, 2.24) is 25.1 Å². The van der Waals surface area contributed by atoms with Crippen molar-refractivity contribution in [2.24, 2.45) is 7.05 Å². The van der Waals surface area contributed by atoms with Crippen LogP contribution in [0.4, 0.5) is 5.95 Å². The summed E-state index contributed by atoms with van der Waals surface area (Å²) in [6, 6.07) is 3.43. The molecule has 7 nitrogen and oxygen atoms in total.